The van der Waals surface area contributed by atoms with Crippen LogP contribution >= 0.6 is 27.3 Å². The van der Waals surface area contributed by atoms with Gasteiger partial charge in [-0.15, -0.1) is 11.3 Å². The van der Waals surface area contributed by atoms with Crippen LogP contribution in [0.3, 0.4) is 0 Å². The number of benzene rings is 1. The van der Waals surface area contributed by atoms with Gasteiger partial charge in [0.25, 0.3) is 0 Å². The number of hydrogen-bond donors (Lipinski definition) is 1. The lowest BCUT2D eigenvalue weighted by molar-refractivity contribution is 0.299. The molecule has 2 aromatic rings. The van der Waals surface area contributed by atoms with Crippen LogP contribution in [0.5, 0.6) is 11.5 Å². The molecule has 0 spiro atoms. The van der Waals surface area contributed by atoms with Crippen LogP contribution in [-0.2, 0) is 10.0 Å². The summed E-state index contributed by atoms with van der Waals surface area (Å²) in [4.78, 5) is 0. The SMILES string of the molecule is COc1ccccc1OCCNS(=O)(=O)c1ccc(Br)s1. The van der Waals surface area contributed by atoms with Gasteiger partial charge >= 0.3 is 0 Å². The Labute approximate surface area is 136 Å². The number of hydrogen-bond acceptors (Lipinski definition) is 5. The van der Waals surface area contributed by atoms with Gasteiger partial charge in [0.15, 0.2) is 11.5 Å². The van der Waals surface area contributed by atoms with Crippen LogP contribution in [0.15, 0.2) is 44.4 Å². The van der Waals surface area contributed by atoms with Crippen LogP contribution in [-0.4, -0.2) is 28.7 Å². The minimum Gasteiger partial charge on any atom is -0.493 e. The summed E-state index contributed by atoms with van der Waals surface area (Å²) in [5, 5.41) is 0. The molecule has 0 saturated heterocycles. The summed E-state index contributed by atoms with van der Waals surface area (Å²) in [6, 6.07) is 10.5. The van der Waals surface area contributed by atoms with E-state index in [4.69, 9.17) is 9.47 Å². The van der Waals surface area contributed by atoms with Crippen molar-refractivity contribution in [2.75, 3.05) is 20.3 Å². The molecule has 0 unspecified atom stereocenters. The Morgan fingerprint density at radius 2 is 1.90 bits per heavy atom. The summed E-state index contributed by atoms with van der Waals surface area (Å²) in [6.07, 6.45) is 0. The molecule has 0 amide bonds. The van der Waals surface area contributed by atoms with Crippen molar-refractivity contribution in [2.45, 2.75) is 4.21 Å². The molecule has 8 heteroatoms. The van der Waals surface area contributed by atoms with Crippen molar-refractivity contribution >= 4 is 37.3 Å². The number of para-hydroxylation sites is 2. The van der Waals surface area contributed by atoms with Gasteiger partial charge < -0.3 is 9.47 Å². The highest BCUT2D eigenvalue weighted by atomic mass is 79.9. The van der Waals surface area contributed by atoms with Crippen molar-refractivity contribution in [3.05, 3.63) is 40.2 Å². The van der Waals surface area contributed by atoms with Crippen molar-refractivity contribution in [1.29, 1.82) is 0 Å². The van der Waals surface area contributed by atoms with E-state index in [9.17, 15) is 8.42 Å². The van der Waals surface area contributed by atoms with Crippen LogP contribution in [0.25, 0.3) is 0 Å². The molecule has 0 bridgehead atoms. The zero-order valence-corrected chi connectivity index (χ0v) is 14.4. The van der Waals surface area contributed by atoms with E-state index >= 15 is 0 Å². The van der Waals surface area contributed by atoms with Crippen LogP contribution in [0.4, 0.5) is 0 Å². The monoisotopic (exact) mass is 391 g/mol. The fourth-order valence-corrected chi connectivity index (χ4v) is 4.66. The molecular formula is C13H14BrNO4S2. The number of thiophene rings is 1. The Bertz CT molecular complexity index is 700. The van der Waals surface area contributed by atoms with Crippen LogP contribution < -0.4 is 14.2 Å². The number of methoxy groups -OCH3 is 1. The summed E-state index contributed by atoms with van der Waals surface area (Å²) in [6.45, 7) is 0.391. The summed E-state index contributed by atoms with van der Waals surface area (Å²) < 4.78 is 38.1. The molecule has 0 radical (unpaired) electrons. The molecule has 1 aromatic carbocycles. The first-order valence-corrected chi connectivity index (χ1v) is 9.13. The van der Waals surface area contributed by atoms with Crippen molar-refractivity contribution in [3.8, 4) is 11.5 Å². The average molecular weight is 392 g/mol. The molecule has 5 nitrogen and oxygen atoms in total. The molecule has 1 N–H and O–H groups in total. The number of nitrogens with one attached hydrogen (secondary N) is 1. The fourth-order valence-electron chi connectivity index (χ4n) is 1.59. The number of halogens is 1. The van der Waals surface area contributed by atoms with Gasteiger partial charge in [0, 0.05) is 6.54 Å². The maximum Gasteiger partial charge on any atom is 0.250 e. The first-order chi connectivity index (χ1) is 10.0. The first kappa shape index (κ1) is 16.3. The second-order valence-electron chi connectivity index (χ2n) is 3.96. The maximum absolute atomic E-state index is 12.0. The normalized spacial score (nSPS) is 11.3. The predicted molar refractivity (Wildman–Crippen MR) is 85.7 cm³/mol. The van der Waals surface area contributed by atoms with Gasteiger partial charge in [0.1, 0.15) is 10.8 Å². The van der Waals surface area contributed by atoms with Crippen molar-refractivity contribution in [3.63, 3.8) is 0 Å². The minimum atomic E-state index is -3.48. The third-order valence-electron chi connectivity index (χ3n) is 2.53. The van der Waals surface area contributed by atoms with Crippen LogP contribution in [0.2, 0.25) is 0 Å². The highest BCUT2D eigenvalue weighted by Gasteiger charge is 2.15. The second kappa shape index (κ2) is 7.26. The van der Waals surface area contributed by atoms with Gasteiger partial charge in [0.05, 0.1) is 10.9 Å². The second-order valence-corrected chi connectivity index (χ2v) is 8.41. The van der Waals surface area contributed by atoms with E-state index in [0.717, 1.165) is 15.1 Å². The highest BCUT2D eigenvalue weighted by Crippen LogP contribution is 2.26. The lowest BCUT2D eigenvalue weighted by Crippen LogP contribution is -2.27. The van der Waals surface area contributed by atoms with Gasteiger partial charge in [-0.1, -0.05) is 12.1 Å². The smallest absolute Gasteiger partial charge is 0.250 e. The molecule has 1 heterocycles. The largest absolute Gasteiger partial charge is 0.493 e. The summed E-state index contributed by atoms with van der Waals surface area (Å²) in [5.74, 6) is 1.20. The fraction of sp³-hybridized carbons (Fsp3) is 0.231. The average Bonchev–Trinajstić information content (AvgIpc) is 2.91. The number of rotatable bonds is 7. The summed E-state index contributed by atoms with van der Waals surface area (Å²) >= 11 is 4.40. The number of sulfonamides is 1. The van der Waals surface area contributed by atoms with Crippen molar-refractivity contribution < 1.29 is 17.9 Å². The third kappa shape index (κ3) is 4.44. The van der Waals surface area contributed by atoms with Gasteiger partial charge in [-0.3, -0.25) is 0 Å². The Kier molecular flexibility index (Phi) is 5.63. The van der Waals surface area contributed by atoms with Crippen molar-refractivity contribution in [2.24, 2.45) is 0 Å². The highest BCUT2D eigenvalue weighted by molar-refractivity contribution is 9.11. The van der Waals surface area contributed by atoms with Crippen LogP contribution in [0, 0.1) is 0 Å². The topological polar surface area (TPSA) is 64.6 Å². The quantitative estimate of drug-likeness (QED) is 0.736. The van der Waals surface area contributed by atoms with E-state index < -0.39 is 10.0 Å². The Morgan fingerprint density at radius 3 is 2.52 bits per heavy atom. The van der Waals surface area contributed by atoms with E-state index in [1.165, 1.54) is 0 Å². The third-order valence-corrected chi connectivity index (χ3v) is 6.11. The van der Waals surface area contributed by atoms with Gasteiger partial charge in [-0.25, -0.2) is 13.1 Å². The first-order valence-electron chi connectivity index (χ1n) is 6.04. The molecular weight excluding hydrogens is 378 g/mol. The molecule has 0 atom stereocenters. The molecule has 2 rings (SSSR count). The molecule has 114 valence electrons. The van der Waals surface area contributed by atoms with E-state index in [-0.39, 0.29) is 17.4 Å². The van der Waals surface area contributed by atoms with Crippen molar-refractivity contribution in [1.82, 2.24) is 4.72 Å². The standard InChI is InChI=1S/C13H14BrNO4S2/c1-18-10-4-2-3-5-11(10)19-9-8-15-21(16,17)13-7-6-12(14)20-13/h2-7,15H,8-9H2,1H3. The zero-order valence-electron chi connectivity index (χ0n) is 11.2. The molecule has 0 saturated carbocycles. The number of ether oxygens (including phenoxy) is 2. The van der Waals surface area contributed by atoms with E-state index in [1.807, 2.05) is 12.1 Å². The Balaban J connectivity index is 1.87. The van der Waals surface area contributed by atoms with Gasteiger partial charge in [-0.05, 0) is 40.2 Å². The molecule has 0 aliphatic carbocycles. The lowest BCUT2D eigenvalue weighted by atomic mass is 10.3. The summed E-state index contributed by atoms with van der Waals surface area (Å²) in [7, 11) is -1.93. The molecule has 21 heavy (non-hydrogen) atoms. The van der Waals surface area contributed by atoms with Gasteiger partial charge in [-0.2, -0.15) is 0 Å². The minimum absolute atomic E-state index is 0.176. The van der Waals surface area contributed by atoms with Gasteiger partial charge in [0.2, 0.25) is 10.0 Å². The maximum atomic E-state index is 12.0. The molecule has 1 aromatic heterocycles. The predicted octanol–water partition coefficient (Wildman–Crippen LogP) is 2.88. The van der Waals surface area contributed by atoms with E-state index in [1.54, 1.807) is 31.4 Å². The Hall–Kier alpha value is -1.09. The summed E-state index contributed by atoms with van der Waals surface area (Å²) in [5.41, 5.74) is 0. The lowest BCUT2D eigenvalue weighted by Gasteiger charge is -2.10. The molecule has 0 aliphatic rings. The Morgan fingerprint density at radius 1 is 1.19 bits per heavy atom. The zero-order chi connectivity index (χ0) is 15.3. The van der Waals surface area contributed by atoms with E-state index in [2.05, 4.69) is 20.7 Å². The van der Waals surface area contributed by atoms with Crippen LogP contribution in [0.1, 0.15) is 0 Å². The molecule has 0 aliphatic heterocycles. The molecule has 0 fully saturated rings. The van der Waals surface area contributed by atoms with E-state index in [0.29, 0.717) is 11.5 Å².